The summed E-state index contributed by atoms with van der Waals surface area (Å²) < 4.78 is 25.1. The van der Waals surface area contributed by atoms with Crippen molar-refractivity contribution in [1.29, 1.82) is 0 Å². The van der Waals surface area contributed by atoms with Crippen molar-refractivity contribution in [1.82, 2.24) is 15.5 Å². The van der Waals surface area contributed by atoms with Gasteiger partial charge >= 0.3 is 0 Å². The molecule has 2 aromatic carbocycles. The Kier molecular flexibility index (Phi) is 5.93. The number of para-hydroxylation sites is 1. The Morgan fingerprint density at radius 3 is 2.62 bits per heavy atom. The van der Waals surface area contributed by atoms with Crippen LogP contribution in [0.25, 0.3) is 10.9 Å². The fourth-order valence-electron chi connectivity index (χ4n) is 3.06. The van der Waals surface area contributed by atoms with Crippen molar-refractivity contribution in [2.75, 3.05) is 16.3 Å². The van der Waals surface area contributed by atoms with E-state index in [0.29, 0.717) is 21.8 Å². The average molecular weight is 470 g/mol. The van der Waals surface area contributed by atoms with Crippen molar-refractivity contribution in [2.45, 2.75) is 6.54 Å². The van der Waals surface area contributed by atoms with Crippen LogP contribution in [0, 0.1) is 0 Å². The van der Waals surface area contributed by atoms with Gasteiger partial charge < -0.3 is 10.6 Å². The zero-order chi connectivity index (χ0) is 22.7. The van der Waals surface area contributed by atoms with Crippen molar-refractivity contribution in [2.24, 2.45) is 0 Å². The number of sulfonamides is 1. The number of aromatic nitrogens is 2. The van der Waals surface area contributed by atoms with Crippen LogP contribution >= 0.6 is 11.3 Å². The van der Waals surface area contributed by atoms with Gasteiger partial charge in [0, 0.05) is 16.5 Å². The maximum Gasteiger partial charge on any atom is 0.265 e. The molecule has 4 aromatic rings. The van der Waals surface area contributed by atoms with Gasteiger partial charge in [-0.05, 0) is 30.3 Å². The Labute approximate surface area is 187 Å². The normalized spacial score (nSPS) is 11.3. The number of aromatic amines is 1. The lowest BCUT2D eigenvalue weighted by Gasteiger charge is -2.07. The predicted octanol–water partition coefficient (Wildman–Crippen LogP) is 3.18. The average Bonchev–Trinajstić information content (AvgIpc) is 3.39. The Morgan fingerprint density at radius 1 is 1.03 bits per heavy atom. The minimum Gasteiger partial charge on any atom is -0.346 e. The summed E-state index contributed by atoms with van der Waals surface area (Å²) in [5, 5.41) is 15.2. The maximum atomic E-state index is 12.6. The van der Waals surface area contributed by atoms with Gasteiger partial charge in [-0.2, -0.15) is 5.10 Å². The summed E-state index contributed by atoms with van der Waals surface area (Å²) in [5.41, 5.74) is 2.75. The lowest BCUT2D eigenvalue weighted by atomic mass is 10.2. The van der Waals surface area contributed by atoms with Crippen molar-refractivity contribution in [3.63, 3.8) is 0 Å². The fourth-order valence-corrected chi connectivity index (χ4v) is 4.40. The van der Waals surface area contributed by atoms with Gasteiger partial charge in [0.05, 0.1) is 40.1 Å². The molecule has 0 aliphatic heterocycles. The number of carbonyl (C=O) groups is 2. The van der Waals surface area contributed by atoms with Gasteiger partial charge in [-0.3, -0.25) is 19.4 Å². The largest absolute Gasteiger partial charge is 0.346 e. The molecule has 9 nitrogen and oxygen atoms in total. The van der Waals surface area contributed by atoms with E-state index >= 15 is 0 Å². The van der Waals surface area contributed by atoms with Crippen LogP contribution in [0.4, 0.5) is 11.4 Å². The Bertz CT molecular complexity index is 1410. The first kappa shape index (κ1) is 21.5. The molecule has 2 amide bonds. The van der Waals surface area contributed by atoms with Crippen molar-refractivity contribution >= 4 is 55.5 Å². The number of benzene rings is 2. The molecule has 0 radical (unpaired) electrons. The molecule has 0 aliphatic carbocycles. The van der Waals surface area contributed by atoms with Crippen LogP contribution in [0.5, 0.6) is 0 Å². The molecule has 4 rings (SSSR count). The highest BCUT2D eigenvalue weighted by Gasteiger charge is 2.15. The molecule has 164 valence electrons. The number of H-pyrrole nitrogens is 1. The second-order valence-corrected chi connectivity index (χ2v) is 9.67. The number of thiophene rings is 1. The molecule has 32 heavy (non-hydrogen) atoms. The van der Waals surface area contributed by atoms with Crippen molar-refractivity contribution < 1.29 is 18.0 Å². The van der Waals surface area contributed by atoms with Gasteiger partial charge in [-0.1, -0.05) is 24.3 Å². The Morgan fingerprint density at radius 2 is 1.81 bits per heavy atom. The van der Waals surface area contributed by atoms with E-state index in [-0.39, 0.29) is 12.5 Å². The molecule has 4 N–H and O–H groups in total. The van der Waals surface area contributed by atoms with Crippen LogP contribution in [-0.4, -0.2) is 36.7 Å². The molecular formula is C21H19N5O4S2. The van der Waals surface area contributed by atoms with Crippen LogP contribution in [-0.2, 0) is 16.6 Å². The second-order valence-electron chi connectivity index (χ2n) is 7.01. The zero-order valence-electron chi connectivity index (χ0n) is 16.9. The van der Waals surface area contributed by atoms with E-state index in [0.717, 1.165) is 34.2 Å². The van der Waals surface area contributed by atoms with E-state index in [1.165, 1.54) is 12.1 Å². The highest BCUT2D eigenvalue weighted by atomic mass is 32.2. The molecule has 2 aromatic heterocycles. The van der Waals surface area contributed by atoms with E-state index < -0.39 is 15.9 Å². The number of hydrogen-bond donors (Lipinski definition) is 4. The minimum absolute atomic E-state index is 0.250. The lowest BCUT2D eigenvalue weighted by Crippen LogP contribution is -2.22. The van der Waals surface area contributed by atoms with Crippen LogP contribution in [0.15, 0.2) is 60.0 Å². The monoisotopic (exact) mass is 469 g/mol. The van der Waals surface area contributed by atoms with E-state index in [1.54, 1.807) is 23.6 Å². The van der Waals surface area contributed by atoms with Crippen LogP contribution in [0.1, 0.15) is 25.7 Å². The van der Waals surface area contributed by atoms with Gasteiger partial charge in [0.1, 0.15) is 0 Å². The first-order chi connectivity index (χ1) is 15.3. The highest BCUT2D eigenvalue weighted by Crippen LogP contribution is 2.20. The summed E-state index contributed by atoms with van der Waals surface area (Å²) in [5.74, 6) is -0.712. The maximum absolute atomic E-state index is 12.6. The summed E-state index contributed by atoms with van der Waals surface area (Å²) in [4.78, 5) is 25.4. The van der Waals surface area contributed by atoms with E-state index in [4.69, 9.17) is 0 Å². The molecule has 0 fully saturated rings. The third kappa shape index (κ3) is 5.13. The number of nitrogens with one attached hydrogen (secondary N) is 4. The van der Waals surface area contributed by atoms with Gasteiger partial charge in [-0.25, -0.2) is 8.42 Å². The topological polar surface area (TPSA) is 133 Å². The predicted molar refractivity (Wildman–Crippen MR) is 124 cm³/mol. The summed E-state index contributed by atoms with van der Waals surface area (Å²) in [6.45, 7) is 0.250. The zero-order valence-corrected chi connectivity index (χ0v) is 18.5. The van der Waals surface area contributed by atoms with Crippen LogP contribution < -0.4 is 15.4 Å². The number of fused-ring (bicyclic) bond motifs is 1. The molecule has 11 heteroatoms. The molecule has 0 atom stereocenters. The first-order valence-corrected chi connectivity index (χ1v) is 12.2. The summed E-state index contributed by atoms with van der Waals surface area (Å²) in [7, 11) is -3.43. The van der Waals surface area contributed by atoms with Crippen LogP contribution in [0.3, 0.4) is 0 Å². The molecule has 2 heterocycles. The molecule has 0 unspecified atom stereocenters. The number of hydrogen-bond acceptors (Lipinski definition) is 6. The number of anilines is 2. The smallest absolute Gasteiger partial charge is 0.265 e. The standard InChI is InChI=1S/C21H19N5O4S2/c1-32(29,30)26-15-6-4-5-14(10-15)23-21(28)19-9-13(12-31-19)20(27)22-11-18-16-7-2-3-8-17(16)24-25-18/h2-10,12,26H,11H2,1H3,(H,22,27)(H,23,28)(H,24,25). The third-order valence-corrected chi connectivity index (χ3v) is 6.01. The number of carbonyl (C=O) groups excluding carboxylic acids is 2. The SMILES string of the molecule is CS(=O)(=O)Nc1cccc(NC(=O)c2cc(C(=O)NCc3n[nH]c4ccccc34)cs2)c1. The fraction of sp³-hybridized carbons (Fsp3) is 0.0952. The van der Waals surface area contributed by atoms with Gasteiger partial charge in [-0.15, -0.1) is 11.3 Å². The summed E-state index contributed by atoms with van der Waals surface area (Å²) >= 11 is 1.14. The number of nitrogens with zero attached hydrogens (tertiary/aromatic N) is 1. The lowest BCUT2D eigenvalue weighted by molar-refractivity contribution is 0.0951. The number of rotatable bonds is 7. The van der Waals surface area contributed by atoms with Crippen molar-refractivity contribution in [3.8, 4) is 0 Å². The van der Waals surface area contributed by atoms with Gasteiger partial charge in [0.2, 0.25) is 10.0 Å². The summed E-state index contributed by atoms with van der Waals surface area (Å²) in [6, 6.07) is 15.5. The van der Waals surface area contributed by atoms with Gasteiger partial charge in [0.15, 0.2) is 0 Å². The second kappa shape index (κ2) is 8.81. The quantitative estimate of drug-likeness (QED) is 0.330. The third-order valence-electron chi connectivity index (χ3n) is 4.47. The van der Waals surface area contributed by atoms with E-state index in [1.807, 2.05) is 24.3 Å². The first-order valence-electron chi connectivity index (χ1n) is 9.46. The molecule has 0 saturated heterocycles. The van der Waals surface area contributed by atoms with Crippen LogP contribution in [0.2, 0.25) is 0 Å². The van der Waals surface area contributed by atoms with E-state index in [2.05, 4.69) is 25.6 Å². The van der Waals surface area contributed by atoms with Crippen molar-refractivity contribution in [3.05, 3.63) is 76.1 Å². The van der Waals surface area contributed by atoms with Gasteiger partial charge in [0.25, 0.3) is 11.8 Å². The number of amides is 2. The molecule has 0 aliphatic rings. The molecule has 0 bridgehead atoms. The minimum atomic E-state index is -3.43. The Hall–Kier alpha value is -3.70. The summed E-state index contributed by atoms with van der Waals surface area (Å²) in [6.07, 6.45) is 1.05. The van der Waals surface area contributed by atoms with E-state index in [9.17, 15) is 18.0 Å². The molecule has 0 spiro atoms. The Balaban J connectivity index is 1.39. The molecule has 0 saturated carbocycles. The molecular weight excluding hydrogens is 450 g/mol. The highest BCUT2D eigenvalue weighted by molar-refractivity contribution is 7.92.